The minimum absolute atomic E-state index is 0.235. The molecule has 0 aliphatic heterocycles. The maximum Gasteiger partial charge on any atom is 0.275 e. The average molecular weight is 320 g/mol. The number of nitrogens with one attached hydrogen (secondary N) is 1. The Morgan fingerprint density at radius 1 is 1.21 bits per heavy atom. The van der Waals surface area contributed by atoms with Crippen molar-refractivity contribution in [2.75, 3.05) is 0 Å². The fourth-order valence-corrected chi connectivity index (χ4v) is 2.17. The molecular weight excluding hydrogens is 306 g/mol. The summed E-state index contributed by atoms with van der Waals surface area (Å²) in [6, 6.07) is 15.2. The second kappa shape index (κ2) is 6.50. The minimum atomic E-state index is -0.235. The van der Waals surface area contributed by atoms with Crippen LogP contribution < -0.4 is 5.48 Å². The van der Waals surface area contributed by atoms with E-state index in [1.165, 1.54) is 0 Å². The number of rotatable bonds is 4. The van der Waals surface area contributed by atoms with Crippen LogP contribution in [0.1, 0.15) is 21.5 Å². The number of aryl methyl sites for hydroxylation is 1. The van der Waals surface area contributed by atoms with Gasteiger partial charge in [-0.05, 0) is 36.2 Å². The van der Waals surface area contributed by atoms with Crippen molar-refractivity contribution in [2.24, 2.45) is 0 Å². The van der Waals surface area contributed by atoms with Gasteiger partial charge in [0.2, 0.25) is 0 Å². The van der Waals surface area contributed by atoms with Gasteiger partial charge >= 0.3 is 0 Å². The quantitative estimate of drug-likeness (QED) is 0.874. The second-order valence-electron chi connectivity index (χ2n) is 4.16. The Kier molecular flexibility index (Phi) is 4.71. The second-order valence-corrected chi connectivity index (χ2v) is 5.08. The highest BCUT2D eigenvalue weighted by Crippen LogP contribution is 2.15. The van der Waals surface area contributed by atoms with E-state index in [9.17, 15) is 4.79 Å². The lowest BCUT2D eigenvalue weighted by Crippen LogP contribution is -2.24. The van der Waals surface area contributed by atoms with E-state index in [1.54, 1.807) is 6.07 Å². The molecule has 0 saturated carbocycles. The molecule has 0 bridgehead atoms. The van der Waals surface area contributed by atoms with Gasteiger partial charge in [-0.1, -0.05) is 46.3 Å². The molecule has 0 radical (unpaired) electrons. The van der Waals surface area contributed by atoms with Gasteiger partial charge in [0.1, 0.15) is 0 Å². The average Bonchev–Trinajstić information content (AvgIpc) is 2.39. The van der Waals surface area contributed by atoms with E-state index in [0.717, 1.165) is 15.6 Å². The molecule has 1 amide bonds. The van der Waals surface area contributed by atoms with Crippen LogP contribution in [0.3, 0.4) is 0 Å². The topological polar surface area (TPSA) is 38.3 Å². The zero-order chi connectivity index (χ0) is 13.7. The summed E-state index contributed by atoms with van der Waals surface area (Å²) in [4.78, 5) is 17.1. The molecule has 1 N–H and O–H groups in total. The predicted molar refractivity (Wildman–Crippen MR) is 77.6 cm³/mol. The molecule has 0 fully saturated rings. The van der Waals surface area contributed by atoms with Crippen molar-refractivity contribution < 1.29 is 9.63 Å². The van der Waals surface area contributed by atoms with Gasteiger partial charge < -0.3 is 0 Å². The zero-order valence-corrected chi connectivity index (χ0v) is 12.1. The summed E-state index contributed by atoms with van der Waals surface area (Å²) >= 11 is 3.37. The molecule has 19 heavy (non-hydrogen) atoms. The molecule has 2 aromatic carbocycles. The van der Waals surface area contributed by atoms with Gasteiger partial charge in [-0.25, -0.2) is 5.48 Å². The lowest BCUT2D eigenvalue weighted by molar-refractivity contribution is 0.0233. The number of hydrogen-bond donors (Lipinski definition) is 1. The molecule has 98 valence electrons. The van der Waals surface area contributed by atoms with E-state index in [2.05, 4.69) is 21.4 Å². The predicted octanol–water partition coefficient (Wildman–Crippen LogP) is 3.62. The fourth-order valence-electron chi connectivity index (χ4n) is 1.70. The Balaban J connectivity index is 1.91. The first-order valence-corrected chi connectivity index (χ1v) is 6.68. The van der Waals surface area contributed by atoms with Crippen molar-refractivity contribution >= 4 is 21.8 Å². The van der Waals surface area contributed by atoms with Crippen LogP contribution in [0.15, 0.2) is 53.0 Å². The number of carbonyl (C=O) groups excluding carboxylic acids is 1. The van der Waals surface area contributed by atoms with Gasteiger partial charge in [-0.3, -0.25) is 9.63 Å². The minimum Gasteiger partial charge on any atom is -0.269 e. The number of benzene rings is 2. The lowest BCUT2D eigenvalue weighted by atomic mass is 10.1. The molecule has 2 aromatic rings. The summed E-state index contributed by atoms with van der Waals surface area (Å²) in [6.45, 7) is 2.24. The number of carbonyl (C=O) groups is 1. The van der Waals surface area contributed by atoms with Gasteiger partial charge in [0, 0.05) is 10.0 Å². The van der Waals surface area contributed by atoms with E-state index < -0.39 is 0 Å². The molecule has 0 unspecified atom stereocenters. The van der Waals surface area contributed by atoms with Crippen LogP contribution in [0.5, 0.6) is 0 Å². The van der Waals surface area contributed by atoms with Crippen molar-refractivity contribution in [2.45, 2.75) is 13.5 Å². The molecule has 0 aliphatic carbocycles. The number of hydroxylamine groups is 1. The zero-order valence-electron chi connectivity index (χ0n) is 10.5. The van der Waals surface area contributed by atoms with Gasteiger partial charge in [0.25, 0.3) is 5.91 Å². The normalized spacial score (nSPS) is 10.2. The first-order chi connectivity index (χ1) is 9.16. The monoisotopic (exact) mass is 319 g/mol. The molecule has 0 saturated heterocycles. The summed E-state index contributed by atoms with van der Waals surface area (Å²) in [7, 11) is 0. The molecule has 3 nitrogen and oxygen atoms in total. The highest BCUT2D eigenvalue weighted by molar-refractivity contribution is 9.10. The third-order valence-corrected chi connectivity index (χ3v) is 3.17. The van der Waals surface area contributed by atoms with Gasteiger partial charge in [0.15, 0.2) is 0 Å². The molecule has 0 atom stereocenters. The van der Waals surface area contributed by atoms with E-state index >= 15 is 0 Å². The first kappa shape index (κ1) is 13.8. The highest BCUT2D eigenvalue weighted by Gasteiger charge is 2.08. The Morgan fingerprint density at radius 2 is 1.95 bits per heavy atom. The van der Waals surface area contributed by atoms with Crippen LogP contribution in [0.2, 0.25) is 0 Å². The van der Waals surface area contributed by atoms with Crippen LogP contribution >= 0.6 is 15.9 Å². The van der Waals surface area contributed by atoms with E-state index in [4.69, 9.17) is 4.84 Å². The standard InChI is InChI=1S/C15H14BrNO2/c1-11-9-13(16)7-8-14(11)15(18)17-19-10-12-5-3-2-4-6-12/h2-9H,10H2,1H3,(H,17,18). The van der Waals surface area contributed by atoms with Crippen molar-refractivity contribution in [3.8, 4) is 0 Å². The van der Waals surface area contributed by atoms with Crippen LogP contribution in [0, 0.1) is 6.92 Å². The van der Waals surface area contributed by atoms with Gasteiger partial charge in [0.05, 0.1) is 6.61 Å². The van der Waals surface area contributed by atoms with Gasteiger partial charge in [-0.2, -0.15) is 0 Å². The van der Waals surface area contributed by atoms with Crippen molar-refractivity contribution in [3.63, 3.8) is 0 Å². The number of hydrogen-bond acceptors (Lipinski definition) is 2. The van der Waals surface area contributed by atoms with Crippen LogP contribution in [-0.4, -0.2) is 5.91 Å². The maximum atomic E-state index is 11.9. The molecule has 4 heteroatoms. The molecule has 0 aromatic heterocycles. The van der Waals surface area contributed by atoms with Gasteiger partial charge in [-0.15, -0.1) is 0 Å². The molecular formula is C15H14BrNO2. The summed E-state index contributed by atoms with van der Waals surface area (Å²) < 4.78 is 0.951. The van der Waals surface area contributed by atoms with Crippen molar-refractivity contribution in [3.05, 3.63) is 69.7 Å². The Labute approximate surface area is 120 Å². The summed E-state index contributed by atoms with van der Waals surface area (Å²) in [5.74, 6) is -0.235. The fraction of sp³-hybridized carbons (Fsp3) is 0.133. The first-order valence-electron chi connectivity index (χ1n) is 5.89. The Morgan fingerprint density at radius 3 is 2.63 bits per heavy atom. The maximum absolute atomic E-state index is 11.9. The highest BCUT2D eigenvalue weighted by atomic mass is 79.9. The third kappa shape index (κ3) is 3.91. The van der Waals surface area contributed by atoms with Crippen LogP contribution in [0.25, 0.3) is 0 Å². The smallest absolute Gasteiger partial charge is 0.269 e. The molecule has 0 aliphatic rings. The summed E-state index contributed by atoms with van der Waals surface area (Å²) in [5.41, 5.74) is 4.97. The van der Waals surface area contributed by atoms with E-state index in [0.29, 0.717) is 12.2 Å². The summed E-state index contributed by atoms with van der Waals surface area (Å²) in [6.07, 6.45) is 0. The summed E-state index contributed by atoms with van der Waals surface area (Å²) in [5, 5.41) is 0. The SMILES string of the molecule is Cc1cc(Br)ccc1C(=O)NOCc1ccccc1. The molecule has 0 spiro atoms. The Hall–Kier alpha value is -1.65. The number of amides is 1. The van der Waals surface area contributed by atoms with E-state index in [-0.39, 0.29) is 5.91 Å². The third-order valence-electron chi connectivity index (χ3n) is 2.68. The van der Waals surface area contributed by atoms with Crippen LogP contribution in [0.4, 0.5) is 0 Å². The number of halogens is 1. The Bertz CT molecular complexity index is 570. The largest absolute Gasteiger partial charge is 0.275 e. The van der Waals surface area contributed by atoms with Crippen molar-refractivity contribution in [1.82, 2.24) is 5.48 Å². The van der Waals surface area contributed by atoms with Crippen LogP contribution in [-0.2, 0) is 11.4 Å². The molecule has 2 rings (SSSR count). The van der Waals surface area contributed by atoms with Crippen molar-refractivity contribution in [1.29, 1.82) is 0 Å². The van der Waals surface area contributed by atoms with E-state index in [1.807, 2.05) is 49.4 Å². The lowest BCUT2D eigenvalue weighted by Gasteiger charge is -2.08. The molecule has 0 heterocycles.